The number of rotatable bonds is 11. The molecule has 6 nitrogen and oxygen atoms in total. The first kappa shape index (κ1) is 23.3. The molecule has 0 aromatic heterocycles. The van der Waals surface area contributed by atoms with Gasteiger partial charge in [0.2, 0.25) is 5.91 Å². The van der Waals surface area contributed by atoms with E-state index in [9.17, 15) is 9.59 Å². The maximum atomic E-state index is 13.1. The number of hydrogen-bond acceptors (Lipinski definition) is 4. The Labute approximate surface area is 179 Å². The highest BCUT2D eigenvalue weighted by atomic mass is 16.5. The number of carbonyl (C=O) groups excluding carboxylic acids is 2. The third-order valence-corrected chi connectivity index (χ3v) is 5.00. The molecule has 0 bridgehead atoms. The van der Waals surface area contributed by atoms with Crippen LogP contribution in [0.15, 0.2) is 54.6 Å². The van der Waals surface area contributed by atoms with Crippen LogP contribution in [-0.2, 0) is 16.1 Å². The molecule has 2 amide bonds. The van der Waals surface area contributed by atoms with Crippen LogP contribution in [0.25, 0.3) is 0 Å². The lowest BCUT2D eigenvalue weighted by atomic mass is 10.1. The minimum atomic E-state index is -0.564. The van der Waals surface area contributed by atoms with Crippen molar-refractivity contribution in [2.24, 2.45) is 0 Å². The number of methoxy groups -OCH3 is 1. The molecule has 0 saturated heterocycles. The molecule has 0 spiro atoms. The van der Waals surface area contributed by atoms with E-state index in [1.165, 1.54) is 0 Å². The predicted octanol–water partition coefficient (Wildman–Crippen LogP) is 3.80. The highest BCUT2D eigenvalue weighted by Gasteiger charge is 2.29. The van der Waals surface area contributed by atoms with Crippen LogP contribution in [0, 0.1) is 0 Å². The molecule has 2 rings (SSSR count). The molecule has 2 aromatic carbocycles. The lowest BCUT2D eigenvalue weighted by Gasteiger charge is -2.31. The maximum absolute atomic E-state index is 13.1. The summed E-state index contributed by atoms with van der Waals surface area (Å²) in [6.07, 6.45) is 1.35. The summed E-state index contributed by atoms with van der Waals surface area (Å²) in [6, 6.07) is 16.2. The Kier molecular flexibility index (Phi) is 9.19. The van der Waals surface area contributed by atoms with Crippen molar-refractivity contribution in [3.63, 3.8) is 0 Å². The summed E-state index contributed by atoms with van der Waals surface area (Å²) in [6.45, 7) is 6.09. The fourth-order valence-corrected chi connectivity index (χ4v) is 3.04. The molecule has 0 fully saturated rings. The minimum absolute atomic E-state index is 0.0516. The predicted molar refractivity (Wildman–Crippen MR) is 117 cm³/mol. The molecule has 2 aromatic rings. The van der Waals surface area contributed by atoms with Crippen LogP contribution in [0.1, 0.15) is 39.2 Å². The summed E-state index contributed by atoms with van der Waals surface area (Å²) < 4.78 is 10.8. The number of nitrogens with one attached hydrogen (secondary N) is 1. The molecule has 6 heteroatoms. The number of nitrogens with zero attached hydrogens (tertiary/aromatic N) is 1. The zero-order valence-electron chi connectivity index (χ0n) is 18.3. The van der Waals surface area contributed by atoms with Crippen LogP contribution in [0.2, 0.25) is 0 Å². The molecule has 162 valence electrons. The summed E-state index contributed by atoms with van der Waals surface area (Å²) in [4.78, 5) is 27.6. The zero-order valence-corrected chi connectivity index (χ0v) is 18.3. The van der Waals surface area contributed by atoms with Crippen LogP contribution < -0.4 is 14.8 Å². The molecule has 0 unspecified atom stereocenters. The zero-order chi connectivity index (χ0) is 21.9. The van der Waals surface area contributed by atoms with Gasteiger partial charge in [0.05, 0.1) is 7.11 Å². The normalized spacial score (nSPS) is 12.5. The molecule has 0 radical (unpaired) electrons. The van der Waals surface area contributed by atoms with Crippen LogP contribution in [0.4, 0.5) is 0 Å². The Bertz CT molecular complexity index is 793. The van der Waals surface area contributed by atoms with Crippen LogP contribution in [0.3, 0.4) is 0 Å². The number of carbonyl (C=O) groups is 2. The third kappa shape index (κ3) is 6.79. The van der Waals surface area contributed by atoms with Crippen LogP contribution >= 0.6 is 0 Å². The summed E-state index contributed by atoms with van der Waals surface area (Å²) >= 11 is 0. The second-order valence-electron chi connectivity index (χ2n) is 7.21. The maximum Gasteiger partial charge on any atom is 0.261 e. The van der Waals surface area contributed by atoms with E-state index in [-0.39, 0.29) is 24.5 Å². The Morgan fingerprint density at radius 2 is 1.60 bits per heavy atom. The van der Waals surface area contributed by atoms with E-state index in [4.69, 9.17) is 9.47 Å². The first-order chi connectivity index (χ1) is 14.5. The smallest absolute Gasteiger partial charge is 0.261 e. The molecule has 0 aliphatic carbocycles. The molecule has 2 atom stereocenters. The lowest BCUT2D eigenvalue weighted by Crippen LogP contribution is -2.51. The van der Waals surface area contributed by atoms with Crippen molar-refractivity contribution in [3.05, 3.63) is 60.2 Å². The topological polar surface area (TPSA) is 67.9 Å². The van der Waals surface area contributed by atoms with Crippen molar-refractivity contribution in [3.8, 4) is 11.5 Å². The van der Waals surface area contributed by atoms with Gasteiger partial charge in [-0.3, -0.25) is 9.59 Å². The van der Waals surface area contributed by atoms with Gasteiger partial charge >= 0.3 is 0 Å². The van der Waals surface area contributed by atoms with Gasteiger partial charge in [-0.05, 0) is 49.6 Å². The molecule has 0 heterocycles. The molecule has 30 heavy (non-hydrogen) atoms. The first-order valence-electron chi connectivity index (χ1n) is 10.4. The largest absolute Gasteiger partial charge is 0.497 e. The first-order valence-corrected chi connectivity index (χ1v) is 10.4. The summed E-state index contributed by atoms with van der Waals surface area (Å²) in [5.74, 6) is 0.912. The van der Waals surface area contributed by atoms with E-state index < -0.39 is 6.04 Å². The quantitative estimate of drug-likeness (QED) is 0.610. The molecular formula is C24H32N2O4. The molecule has 1 N–H and O–H groups in total. The standard InChI is InChI=1S/C24H32N2O4/c1-5-18(3)25-24(28)22(6-2)26(16-19-10-8-7-9-11-19)23(27)17-30-21-14-12-20(29-4)13-15-21/h7-15,18,22H,5-6,16-17H2,1-4H3,(H,25,28)/t18-,22+/m0/s1. The van der Waals surface area contributed by atoms with Crippen molar-refractivity contribution in [2.45, 2.75) is 52.2 Å². The van der Waals surface area contributed by atoms with E-state index in [1.807, 2.05) is 51.1 Å². The van der Waals surface area contributed by atoms with Gasteiger partial charge in [0.1, 0.15) is 17.5 Å². The molecule has 0 saturated carbocycles. The van der Waals surface area contributed by atoms with Gasteiger partial charge in [-0.1, -0.05) is 44.2 Å². The Morgan fingerprint density at radius 3 is 2.17 bits per heavy atom. The van der Waals surface area contributed by atoms with E-state index in [2.05, 4.69) is 5.32 Å². The van der Waals surface area contributed by atoms with Gasteiger partial charge in [0.25, 0.3) is 5.91 Å². The second-order valence-corrected chi connectivity index (χ2v) is 7.21. The van der Waals surface area contributed by atoms with Crippen molar-refractivity contribution in [1.29, 1.82) is 0 Å². The van der Waals surface area contributed by atoms with E-state index in [0.29, 0.717) is 24.5 Å². The number of ether oxygens (including phenoxy) is 2. The molecule has 0 aliphatic heterocycles. The van der Waals surface area contributed by atoms with E-state index in [0.717, 1.165) is 12.0 Å². The Morgan fingerprint density at radius 1 is 0.967 bits per heavy atom. The Balaban J connectivity index is 2.15. The highest BCUT2D eigenvalue weighted by Crippen LogP contribution is 2.18. The summed E-state index contributed by atoms with van der Waals surface area (Å²) in [7, 11) is 1.59. The second kappa shape index (κ2) is 11.9. The highest BCUT2D eigenvalue weighted by molar-refractivity contribution is 5.88. The van der Waals surface area contributed by atoms with E-state index in [1.54, 1.807) is 36.3 Å². The fraction of sp³-hybridized carbons (Fsp3) is 0.417. The summed E-state index contributed by atoms with van der Waals surface area (Å²) in [5.41, 5.74) is 0.963. The number of benzene rings is 2. The third-order valence-electron chi connectivity index (χ3n) is 5.00. The van der Waals surface area contributed by atoms with Gasteiger partial charge in [0, 0.05) is 12.6 Å². The van der Waals surface area contributed by atoms with Gasteiger partial charge in [0.15, 0.2) is 6.61 Å². The van der Waals surface area contributed by atoms with Crippen LogP contribution in [-0.4, -0.2) is 42.5 Å². The van der Waals surface area contributed by atoms with Gasteiger partial charge in [-0.15, -0.1) is 0 Å². The fourth-order valence-electron chi connectivity index (χ4n) is 3.04. The van der Waals surface area contributed by atoms with Gasteiger partial charge < -0.3 is 19.7 Å². The Hall–Kier alpha value is -3.02. The summed E-state index contributed by atoms with van der Waals surface area (Å²) in [5, 5.41) is 3.00. The SMILES string of the molecule is CC[C@H](C(=O)N[C@@H](C)CC)N(Cc1ccccc1)C(=O)COc1ccc(OC)cc1. The van der Waals surface area contributed by atoms with Crippen LogP contribution in [0.5, 0.6) is 11.5 Å². The number of amides is 2. The minimum Gasteiger partial charge on any atom is -0.497 e. The molecular weight excluding hydrogens is 380 g/mol. The number of hydrogen-bond donors (Lipinski definition) is 1. The molecule has 0 aliphatic rings. The van der Waals surface area contributed by atoms with Gasteiger partial charge in [-0.2, -0.15) is 0 Å². The lowest BCUT2D eigenvalue weighted by molar-refractivity contribution is -0.143. The average Bonchev–Trinajstić information content (AvgIpc) is 2.78. The van der Waals surface area contributed by atoms with Crippen molar-refractivity contribution in [2.75, 3.05) is 13.7 Å². The average molecular weight is 413 g/mol. The van der Waals surface area contributed by atoms with E-state index >= 15 is 0 Å². The van der Waals surface area contributed by atoms with Gasteiger partial charge in [-0.25, -0.2) is 0 Å². The van der Waals surface area contributed by atoms with Crippen molar-refractivity contribution >= 4 is 11.8 Å². The monoisotopic (exact) mass is 412 g/mol. The van der Waals surface area contributed by atoms with Crippen molar-refractivity contribution < 1.29 is 19.1 Å². The van der Waals surface area contributed by atoms with Crippen molar-refractivity contribution in [1.82, 2.24) is 10.2 Å².